The molecule has 2 aromatic heterocycles. The van der Waals surface area contributed by atoms with E-state index in [-0.39, 0.29) is 5.91 Å². The van der Waals surface area contributed by atoms with E-state index in [9.17, 15) is 4.79 Å². The molecule has 0 aliphatic carbocycles. The van der Waals surface area contributed by atoms with Gasteiger partial charge in [-0.2, -0.15) is 5.10 Å². The highest BCUT2D eigenvalue weighted by Crippen LogP contribution is 2.35. The van der Waals surface area contributed by atoms with E-state index < -0.39 is 0 Å². The Labute approximate surface area is 196 Å². The molecular formula is C22H17BrClN5OS. The maximum absolute atomic E-state index is 11.6. The lowest BCUT2D eigenvalue weighted by atomic mass is 10.1. The third-order valence-corrected chi connectivity index (χ3v) is 6.61. The molecule has 5 rings (SSSR count). The van der Waals surface area contributed by atoms with Gasteiger partial charge in [0, 0.05) is 44.8 Å². The molecule has 0 radical (unpaired) electrons. The first-order valence-corrected chi connectivity index (χ1v) is 11.8. The average Bonchev–Trinajstić information content (AvgIpc) is 3.44. The van der Waals surface area contributed by atoms with Crippen LogP contribution in [0.5, 0.6) is 0 Å². The fourth-order valence-corrected chi connectivity index (χ4v) is 4.83. The Balaban J connectivity index is 1.71. The number of benzene rings is 2. The van der Waals surface area contributed by atoms with Gasteiger partial charge in [-0.05, 0) is 43.3 Å². The van der Waals surface area contributed by atoms with E-state index in [0.29, 0.717) is 21.8 Å². The molecule has 1 aliphatic rings. The largest absolute Gasteiger partial charge is 0.347 e. The van der Waals surface area contributed by atoms with E-state index in [1.54, 1.807) is 4.68 Å². The van der Waals surface area contributed by atoms with Gasteiger partial charge in [-0.3, -0.25) is 4.79 Å². The maximum atomic E-state index is 11.6. The predicted octanol–water partition coefficient (Wildman–Crippen LogP) is 5.78. The number of fused-ring (bicyclic) bond motifs is 1. The molecule has 1 aliphatic heterocycles. The number of carbonyl (C=O) groups excluding carboxylic acids is 1. The number of nitrogens with one attached hydrogen (secondary N) is 1. The van der Waals surface area contributed by atoms with Crippen molar-refractivity contribution in [3.8, 4) is 16.9 Å². The average molecular weight is 515 g/mol. The van der Waals surface area contributed by atoms with E-state index in [2.05, 4.69) is 56.1 Å². The van der Waals surface area contributed by atoms with Crippen LogP contribution in [-0.2, 0) is 11.3 Å². The first-order chi connectivity index (χ1) is 15.0. The second-order valence-corrected chi connectivity index (χ2v) is 9.34. The van der Waals surface area contributed by atoms with Gasteiger partial charge < -0.3 is 9.88 Å². The van der Waals surface area contributed by atoms with E-state index in [1.807, 2.05) is 36.4 Å². The third-order valence-electron chi connectivity index (χ3n) is 5.01. The van der Waals surface area contributed by atoms with Crippen LogP contribution in [0.15, 0.2) is 64.2 Å². The summed E-state index contributed by atoms with van der Waals surface area (Å²) in [7, 11) is 0. The van der Waals surface area contributed by atoms with Crippen molar-refractivity contribution in [1.29, 1.82) is 0 Å². The van der Waals surface area contributed by atoms with Crippen molar-refractivity contribution in [2.45, 2.75) is 13.5 Å². The number of carbonyl (C=O) groups is 1. The van der Waals surface area contributed by atoms with Gasteiger partial charge in [0.15, 0.2) is 11.0 Å². The van der Waals surface area contributed by atoms with Crippen molar-refractivity contribution in [2.24, 2.45) is 4.99 Å². The van der Waals surface area contributed by atoms with E-state index in [0.717, 1.165) is 38.9 Å². The lowest BCUT2D eigenvalue weighted by Crippen LogP contribution is -2.20. The molecule has 156 valence electrons. The molecule has 1 amide bonds. The lowest BCUT2D eigenvalue weighted by Gasteiger charge is -2.05. The van der Waals surface area contributed by atoms with E-state index in [1.165, 1.54) is 11.8 Å². The Kier molecular flexibility index (Phi) is 5.37. The van der Waals surface area contributed by atoms with Crippen LogP contribution in [-0.4, -0.2) is 31.2 Å². The van der Waals surface area contributed by atoms with Crippen LogP contribution in [0.1, 0.15) is 6.92 Å². The van der Waals surface area contributed by atoms with Gasteiger partial charge >= 0.3 is 0 Å². The van der Waals surface area contributed by atoms with Crippen molar-refractivity contribution in [3.05, 3.63) is 64.2 Å². The maximum Gasteiger partial charge on any atom is 0.236 e. The molecular weight excluding hydrogens is 498 g/mol. The molecule has 4 aromatic rings. The van der Waals surface area contributed by atoms with Crippen LogP contribution < -0.4 is 5.32 Å². The Hall–Kier alpha value is -2.55. The predicted molar refractivity (Wildman–Crippen MR) is 131 cm³/mol. The Morgan fingerprint density at radius 2 is 2.13 bits per heavy atom. The number of aliphatic imine (C=N–C) groups is 1. The molecule has 0 spiro atoms. The second kappa shape index (κ2) is 8.18. The lowest BCUT2D eigenvalue weighted by molar-refractivity contribution is -0.116. The Morgan fingerprint density at radius 1 is 1.26 bits per heavy atom. The zero-order chi connectivity index (χ0) is 21.5. The number of thioether (sulfide) groups is 1. The monoisotopic (exact) mass is 513 g/mol. The molecule has 0 bridgehead atoms. The number of amidine groups is 1. The van der Waals surface area contributed by atoms with Gasteiger partial charge in [-0.1, -0.05) is 45.4 Å². The number of hydrogen-bond acceptors (Lipinski definition) is 4. The molecule has 0 atom stereocenters. The minimum Gasteiger partial charge on any atom is -0.347 e. The van der Waals surface area contributed by atoms with Crippen LogP contribution in [0, 0.1) is 0 Å². The van der Waals surface area contributed by atoms with Gasteiger partial charge in [0.25, 0.3) is 0 Å². The second-order valence-electron chi connectivity index (χ2n) is 7.02. The molecule has 6 nitrogen and oxygen atoms in total. The molecule has 1 N–H and O–H groups in total. The summed E-state index contributed by atoms with van der Waals surface area (Å²) in [4.78, 5) is 16.3. The smallest absolute Gasteiger partial charge is 0.236 e. The SMILES string of the molecule is CCn1cc(-c2cc(/N=C3/NC(=O)CS3)n(-c3cccc(Cl)c3)n2)c2cc(Br)ccc21. The molecule has 31 heavy (non-hydrogen) atoms. The molecule has 9 heteroatoms. The Bertz CT molecular complexity index is 1360. The first-order valence-electron chi connectivity index (χ1n) is 9.68. The van der Waals surface area contributed by atoms with Crippen molar-refractivity contribution in [2.75, 3.05) is 5.75 Å². The number of rotatable bonds is 4. The number of aromatic nitrogens is 3. The highest BCUT2D eigenvalue weighted by atomic mass is 79.9. The van der Waals surface area contributed by atoms with Crippen molar-refractivity contribution >= 4 is 67.1 Å². The number of hydrogen-bond donors (Lipinski definition) is 1. The highest BCUT2D eigenvalue weighted by Gasteiger charge is 2.20. The quantitative estimate of drug-likeness (QED) is 0.375. The number of aryl methyl sites for hydroxylation is 1. The van der Waals surface area contributed by atoms with Crippen molar-refractivity contribution in [1.82, 2.24) is 19.7 Å². The molecule has 0 saturated carbocycles. The molecule has 2 aromatic carbocycles. The zero-order valence-corrected chi connectivity index (χ0v) is 19.6. The van der Waals surface area contributed by atoms with Crippen molar-refractivity contribution in [3.63, 3.8) is 0 Å². The summed E-state index contributed by atoms with van der Waals surface area (Å²) in [5.41, 5.74) is 3.75. The van der Waals surface area contributed by atoms with E-state index in [4.69, 9.17) is 16.7 Å². The minimum atomic E-state index is -0.0475. The summed E-state index contributed by atoms with van der Waals surface area (Å²) in [5.74, 6) is 0.942. The molecule has 3 heterocycles. The number of halogens is 2. The fraction of sp³-hybridized carbons (Fsp3) is 0.136. The van der Waals surface area contributed by atoms with Crippen LogP contribution in [0.4, 0.5) is 5.82 Å². The molecule has 0 unspecified atom stereocenters. The molecule has 1 saturated heterocycles. The number of amides is 1. The summed E-state index contributed by atoms with van der Waals surface area (Å²) in [5, 5.41) is 9.96. The highest BCUT2D eigenvalue weighted by molar-refractivity contribution is 9.10. The standard InChI is InChI=1S/C22H17BrClN5OS/c1-2-28-11-17(16-8-13(23)6-7-19(16)28)18-10-20(25-22-26-21(30)12-31-22)29(27-18)15-5-3-4-14(24)9-15/h3-11H,2,12H2,1H3,(H,25,26,30). The normalized spacial score (nSPS) is 15.2. The minimum absolute atomic E-state index is 0.0475. The summed E-state index contributed by atoms with van der Waals surface area (Å²) < 4.78 is 4.97. The van der Waals surface area contributed by atoms with Gasteiger partial charge in [-0.25, -0.2) is 9.67 Å². The summed E-state index contributed by atoms with van der Waals surface area (Å²) >= 11 is 11.2. The van der Waals surface area contributed by atoms with Crippen LogP contribution in [0.25, 0.3) is 27.8 Å². The van der Waals surface area contributed by atoms with Crippen LogP contribution >= 0.6 is 39.3 Å². The molecule has 1 fully saturated rings. The van der Waals surface area contributed by atoms with Gasteiger partial charge in [-0.15, -0.1) is 0 Å². The van der Waals surface area contributed by atoms with Crippen LogP contribution in [0.2, 0.25) is 5.02 Å². The van der Waals surface area contributed by atoms with Crippen LogP contribution in [0.3, 0.4) is 0 Å². The van der Waals surface area contributed by atoms with Crippen molar-refractivity contribution < 1.29 is 4.79 Å². The van der Waals surface area contributed by atoms with Gasteiger partial charge in [0.2, 0.25) is 5.91 Å². The zero-order valence-electron chi connectivity index (χ0n) is 16.5. The fourth-order valence-electron chi connectivity index (χ4n) is 3.61. The third kappa shape index (κ3) is 3.91. The topological polar surface area (TPSA) is 64.2 Å². The first kappa shape index (κ1) is 20.4. The summed E-state index contributed by atoms with van der Waals surface area (Å²) in [6.45, 7) is 2.97. The summed E-state index contributed by atoms with van der Waals surface area (Å²) in [6, 6.07) is 15.7. The van der Waals surface area contributed by atoms with Gasteiger partial charge in [0.1, 0.15) is 0 Å². The number of nitrogens with zero attached hydrogens (tertiary/aromatic N) is 4. The van der Waals surface area contributed by atoms with E-state index >= 15 is 0 Å². The Morgan fingerprint density at radius 3 is 2.87 bits per heavy atom. The summed E-state index contributed by atoms with van der Waals surface area (Å²) in [6.07, 6.45) is 2.12. The van der Waals surface area contributed by atoms with Gasteiger partial charge in [0.05, 0.1) is 17.1 Å².